The van der Waals surface area contributed by atoms with Gasteiger partial charge in [-0.25, -0.2) is 4.98 Å². The number of hydrogen-bond acceptors (Lipinski definition) is 2. The van der Waals surface area contributed by atoms with Crippen LogP contribution in [0.4, 0.5) is 5.82 Å². The lowest BCUT2D eigenvalue weighted by Crippen LogP contribution is -2.26. The van der Waals surface area contributed by atoms with E-state index in [1.165, 1.54) is 0 Å². The molecule has 0 saturated heterocycles. The van der Waals surface area contributed by atoms with E-state index in [0.717, 1.165) is 25.3 Å². The van der Waals surface area contributed by atoms with Crippen LogP contribution in [0.5, 0.6) is 0 Å². The third kappa shape index (κ3) is 3.23. The zero-order valence-electron chi connectivity index (χ0n) is 7.91. The van der Waals surface area contributed by atoms with Crippen LogP contribution < -0.4 is 4.90 Å². The molecule has 0 bridgehead atoms. The van der Waals surface area contributed by atoms with E-state index in [1.54, 1.807) is 0 Å². The highest BCUT2D eigenvalue weighted by Gasteiger charge is 2.03. The third-order valence-corrected chi connectivity index (χ3v) is 1.99. The lowest BCUT2D eigenvalue weighted by Gasteiger charge is -2.21. The van der Waals surface area contributed by atoms with Gasteiger partial charge in [0.1, 0.15) is 5.82 Å². The summed E-state index contributed by atoms with van der Waals surface area (Å²) in [5, 5.41) is 0. The zero-order chi connectivity index (χ0) is 9.52. The predicted octanol–water partition coefficient (Wildman–Crippen LogP) is 2.54. The predicted molar refractivity (Wildman–Crippen MR) is 57.5 cm³/mol. The van der Waals surface area contributed by atoms with E-state index in [0.29, 0.717) is 5.88 Å². The van der Waals surface area contributed by atoms with Gasteiger partial charge in [0, 0.05) is 25.2 Å². The van der Waals surface area contributed by atoms with E-state index in [-0.39, 0.29) is 0 Å². The van der Waals surface area contributed by atoms with Crippen LogP contribution in [-0.4, -0.2) is 24.0 Å². The van der Waals surface area contributed by atoms with E-state index >= 15 is 0 Å². The highest BCUT2D eigenvalue weighted by molar-refractivity contribution is 6.18. The van der Waals surface area contributed by atoms with Gasteiger partial charge in [-0.2, -0.15) is 0 Å². The maximum Gasteiger partial charge on any atom is 0.128 e. The quantitative estimate of drug-likeness (QED) is 0.676. The number of hydrogen-bond donors (Lipinski definition) is 0. The molecule has 2 nitrogen and oxygen atoms in total. The lowest BCUT2D eigenvalue weighted by molar-refractivity contribution is 0.781. The molecule has 3 heteroatoms. The van der Waals surface area contributed by atoms with Crippen LogP contribution in [0.25, 0.3) is 0 Å². The number of rotatable bonds is 5. The Kier molecular flexibility index (Phi) is 4.61. The molecule has 1 rings (SSSR count). The van der Waals surface area contributed by atoms with Crippen LogP contribution in [0.2, 0.25) is 0 Å². The summed E-state index contributed by atoms with van der Waals surface area (Å²) in [7, 11) is 0. The molecule has 0 aliphatic rings. The molecule has 13 heavy (non-hydrogen) atoms. The van der Waals surface area contributed by atoms with Gasteiger partial charge >= 0.3 is 0 Å². The van der Waals surface area contributed by atoms with Crippen molar-refractivity contribution in [2.24, 2.45) is 0 Å². The number of anilines is 1. The number of pyridine rings is 1. The molecule has 0 radical (unpaired) electrons. The van der Waals surface area contributed by atoms with Gasteiger partial charge in [-0.3, -0.25) is 0 Å². The molecule has 1 heterocycles. The first-order valence-corrected chi connectivity index (χ1v) is 5.14. The van der Waals surface area contributed by atoms with Crippen molar-refractivity contribution in [2.45, 2.75) is 13.3 Å². The molecule has 0 spiro atoms. The maximum absolute atomic E-state index is 5.71. The Labute approximate surface area is 84.5 Å². The molecule has 1 aromatic heterocycles. The summed E-state index contributed by atoms with van der Waals surface area (Å²) in [5.74, 6) is 1.67. The van der Waals surface area contributed by atoms with Crippen molar-refractivity contribution in [1.82, 2.24) is 4.98 Å². The van der Waals surface area contributed by atoms with Crippen molar-refractivity contribution in [3.05, 3.63) is 24.4 Å². The van der Waals surface area contributed by atoms with Crippen molar-refractivity contribution in [3.63, 3.8) is 0 Å². The monoisotopic (exact) mass is 198 g/mol. The number of aromatic nitrogens is 1. The minimum atomic E-state index is 0.649. The average molecular weight is 199 g/mol. The van der Waals surface area contributed by atoms with E-state index in [4.69, 9.17) is 11.6 Å². The highest BCUT2D eigenvalue weighted by Crippen LogP contribution is 2.09. The Morgan fingerprint density at radius 1 is 1.38 bits per heavy atom. The fourth-order valence-electron chi connectivity index (χ4n) is 1.25. The Morgan fingerprint density at radius 2 is 2.23 bits per heavy atom. The molecule has 1 aromatic rings. The topological polar surface area (TPSA) is 16.1 Å². The Morgan fingerprint density at radius 3 is 2.77 bits per heavy atom. The van der Waals surface area contributed by atoms with E-state index in [1.807, 2.05) is 24.4 Å². The van der Waals surface area contributed by atoms with Crippen LogP contribution in [0.1, 0.15) is 13.3 Å². The van der Waals surface area contributed by atoms with Gasteiger partial charge in [-0.15, -0.1) is 11.6 Å². The van der Waals surface area contributed by atoms with Crippen molar-refractivity contribution in [1.29, 1.82) is 0 Å². The number of alkyl halides is 1. The first-order valence-electron chi connectivity index (χ1n) is 4.60. The van der Waals surface area contributed by atoms with Crippen molar-refractivity contribution >= 4 is 17.4 Å². The summed E-state index contributed by atoms with van der Waals surface area (Å²) in [6.07, 6.45) is 2.93. The van der Waals surface area contributed by atoms with Crippen molar-refractivity contribution in [2.75, 3.05) is 23.9 Å². The summed E-state index contributed by atoms with van der Waals surface area (Å²) in [6.45, 7) is 4.04. The standard InChI is InChI=1S/C10H15ClN2/c1-2-8-13(9-6-11)10-5-3-4-7-12-10/h3-5,7H,2,6,8-9H2,1H3. The molecule has 0 atom stereocenters. The fourth-order valence-corrected chi connectivity index (χ4v) is 1.46. The molecular weight excluding hydrogens is 184 g/mol. The van der Waals surface area contributed by atoms with E-state index in [2.05, 4.69) is 16.8 Å². The second-order valence-corrected chi connectivity index (χ2v) is 3.24. The normalized spacial score (nSPS) is 10.0. The number of nitrogens with zero attached hydrogens (tertiary/aromatic N) is 2. The molecule has 0 N–H and O–H groups in total. The van der Waals surface area contributed by atoms with Crippen molar-refractivity contribution < 1.29 is 0 Å². The molecule has 0 fully saturated rings. The van der Waals surface area contributed by atoms with Gasteiger partial charge in [0.15, 0.2) is 0 Å². The minimum absolute atomic E-state index is 0.649. The summed E-state index contributed by atoms with van der Waals surface area (Å²) in [5.41, 5.74) is 0. The SMILES string of the molecule is CCCN(CCCl)c1ccccn1. The first-order chi connectivity index (χ1) is 6.38. The smallest absolute Gasteiger partial charge is 0.128 e. The van der Waals surface area contributed by atoms with E-state index < -0.39 is 0 Å². The van der Waals surface area contributed by atoms with Crippen LogP contribution in [0.15, 0.2) is 24.4 Å². The van der Waals surface area contributed by atoms with Gasteiger partial charge in [-0.05, 0) is 18.6 Å². The fraction of sp³-hybridized carbons (Fsp3) is 0.500. The van der Waals surface area contributed by atoms with Crippen LogP contribution in [0.3, 0.4) is 0 Å². The highest BCUT2D eigenvalue weighted by atomic mass is 35.5. The maximum atomic E-state index is 5.71. The molecule has 72 valence electrons. The minimum Gasteiger partial charge on any atom is -0.355 e. The third-order valence-electron chi connectivity index (χ3n) is 1.82. The van der Waals surface area contributed by atoms with Crippen LogP contribution in [0, 0.1) is 0 Å². The molecular formula is C10H15ClN2. The molecule has 0 unspecified atom stereocenters. The van der Waals surface area contributed by atoms with Crippen molar-refractivity contribution in [3.8, 4) is 0 Å². The summed E-state index contributed by atoms with van der Waals surface area (Å²) < 4.78 is 0. The second kappa shape index (κ2) is 5.81. The van der Waals surface area contributed by atoms with E-state index in [9.17, 15) is 0 Å². The Bertz CT molecular complexity index is 220. The molecule has 0 aliphatic heterocycles. The summed E-state index contributed by atoms with van der Waals surface area (Å²) in [6, 6.07) is 5.94. The van der Waals surface area contributed by atoms with Gasteiger partial charge in [-0.1, -0.05) is 13.0 Å². The van der Waals surface area contributed by atoms with Gasteiger partial charge < -0.3 is 4.90 Å². The Balaban J connectivity index is 2.64. The van der Waals surface area contributed by atoms with Gasteiger partial charge in [0.05, 0.1) is 0 Å². The van der Waals surface area contributed by atoms with Gasteiger partial charge in [0.2, 0.25) is 0 Å². The summed E-state index contributed by atoms with van der Waals surface area (Å²) in [4.78, 5) is 6.48. The zero-order valence-corrected chi connectivity index (χ0v) is 8.67. The molecule has 0 aromatic carbocycles. The lowest BCUT2D eigenvalue weighted by atomic mass is 10.3. The Hall–Kier alpha value is -0.760. The second-order valence-electron chi connectivity index (χ2n) is 2.86. The molecule has 0 amide bonds. The first kappa shape index (κ1) is 10.3. The van der Waals surface area contributed by atoms with Crippen LogP contribution in [-0.2, 0) is 0 Å². The molecule has 0 saturated carbocycles. The average Bonchev–Trinajstić information content (AvgIpc) is 2.19. The van der Waals surface area contributed by atoms with Gasteiger partial charge in [0.25, 0.3) is 0 Å². The molecule has 0 aliphatic carbocycles. The largest absolute Gasteiger partial charge is 0.355 e. The van der Waals surface area contributed by atoms with Crippen LogP contribution >= 0.6 is 11.6 Å². The number of halogens is 1. The summed E-state index contributed by atoms with van der Waals surface area (Å²) >= 11 is 5.71.